The van der Waals surface area contributed by atoms with Gasteiger partial charge in [-0.05, 0) is 38.5 Å². The average molecular weight is 429 g/mol. The average Bonchev–Trinajstić information content (AvgIpc) is 2.91. The van der Waals surface area contributed by atoms with Gasteiger partial charge in [-0.25, -0.2) is 4.99 Å². The molecule has 1 atom stereocenters. The standard InChI is InChI=1S/C17H23N3S.HI/c1-4-18-17(19-12-16-11-10-13(2)21-16)20-14(3)15-8-6-5-7-9-15;/h5-11,14H,4,12H2,1-3H3,(H2,18,19,20);1H. The number of nitrogens with zero attached hydrogens (tertiary/aromatic N) is 1. The second kappa shape index (κ2) is 9.84. The van der Waals surface area contributed by atoms with Crippen LogP contribution in [0.4, 0.5) is 0 Å². The minimum absolute atomic E-state index is 0. The molecule has 1 aromatic carbocycles. The van der Waals surface area contributed by atoms with Crippen molar-refractivity contribution in [3.05, 3.63) is 57.8 Å². The summed E-state index contributed by atoms with van der Waals surface area (Å²) in [6.07, 6.45) is 0. The monoisotopic (exact) mass is 429 g/mol. The lowest BCUT2D eigenvalue weighted by molar-refractivity contribution is 0.687. The number of guanidine groups is 1. The molecule has 120 valence electrons. The summed E-state index contributed by atoms with van der Waals surface area (Å²) < 4.78 is 0. The number of halogens is 1. The summed E-state index contributed by atoms with van der Waals surface area (Å²) in [6.45, 7) is 7.93. The lowest BCUT2D eigenvalue weighted by atomic mass is 10.1. The zero-order valence-corrected chi connectivity index (χ0v) is 16.4. The number of thiophene rings is 1. The van der Waals surface area contributed by atoms with Crippen molar-refractivity contribution in [1.82, 2.24) is 10.6 Å². The van der Waals surface area contributed by atoms with E-state index in [2.05, 4.69) is 72.8 Å². The number of aryl methyl sites for hydroxylation is 1. The van der Waals surface area contributed by atoms with E-state index in [0.29, 0.717) is 0 Å². The predicted molar refractivity (Wildman–Crippen MR) is 107 cm³/mol. The Balaban J connectivity index is 0.00000242. The molecule has 0 aliphatic rings. The minimum atomic E-state index is 0. The van der Waals surface area contributed by atoms with Gasteiger partial charge in [-0.15, -0.1) is 35.3 Å². The Labute approximate surface area is 154 Å². The van der Waals surface area contributed by atoms with Crippen LogP contribution in [-0.2, 0) is 6.54 Å². The fraction of sp³-hybridized carbons (Fsp3) is 0.353. The van der Waals surface area contributed by atoms with Gasteiger partial charge in [-0.1, -0.05) is 30.3 Å². The third kappa shape index (κ3) is 5.96. The van der Waals surface area contributed by atoms with Crippen LogP contribution in [0.15, 0.2) is 47.5 Å². The van der Waals surface area contributed by atoms with E-state index < -0.39 is 0 Å². The molecule has 1 aromatic heterocycles. The van der Waals surface area contributed by atoms with Crippen molar-refractivity contribution in [2.24, 2.45) is 4.99 Å². The van der Waals surface area contributed by atoms with Crippen LogP contribution in [0.1, 0.15) is 35.2 Å². The zero-order valence-electron chi connectivity index (χ0n) is 13.3. The normalized spacial score (nSPS) is 12.4. The van der Waals surface area contributed by atoms with Gasteiger partial charge in [0.2, 0.25) is 0 Å². The summed E-state index contributed by atoms with van der Waals surface area (Å²) in [7, 11) is 0. The Morgan fingerprint density at radius 3 is 2.50 bits per heavy atom. The zero-order chi connectivity index (χ0) is 15.1. The first-order chi connectivity index (χ1) is 10.2. The number of hydrogen-bond donors (Lipinski definition) is 2. The third-order valence-electron chi connectivity index (χ3n) is 3.19. The quantitative estimate of drug-likeness (QED) is 0.418. The first kappa shape index (κ1) is 19.0. The van der Waals surface area contributed by atoms with Crippen LogP contribution in [-0.4, -0.2) is 12.5 Å². The highest BCUT2D eigenvalue weighted by Gasteiger charge is 2.07. The van der Waals surface area contributed by atoms with Gasteiger partial charge in [0.1, 0.15) is 0 Å². The molecule has 0 bridgehead atoms. The van der Waals surface area contributed by atoms with Crippen LogP contribution < -0.4 is 10.6 Å². The number of aliphatic imine (C=N–C) groups is 1. The maximum atomic E-state index is 4.67. The van der Waals surface area contributed by atoms with E-state index >= 15 is 0 Å². The van der Waals surface area contributed by atoms with Crippen molar-refractivity contribution in [2.75, 3.05) is 6.54 Å². The fourth-order valence-electron chi connectivity index (χ4n) is 2.08. The number of nitrogens with one attached hydrogen (secondary N) is 2. The Hall–Kier alpha value is -1.08. The Bertz CT molecular complexity index is 581. The van der Waals surface area contributed by atoms with Crippen molar-refractivity contribution in [3.8, 4) is 0 Å². The molecule has 3 nitrogen and oxygen atoms in total. The number of benzene rings is 1. The molecule has 0 fully saturated rings. The van der Waals surface area contributed by atoms with Gasteiger partial charge in [0, 0.05) is 16.3 Å². The lowest BCUT2D eigenvalue weighted by Crippen LogP contribution is -2.38. The van der Waals surface area contributed by atoms with E-state index in [1.165, 1.54) is 15.3 Å². The maximum absolute atomic E-state index is 4.67. The molecule has 1 heterocycles. The number of hydrogen-bond acceptors (Lipinski definition) is 2. The van der Waals surface area contributed by atoms with Crippen LogP contribution in [0.5, 0.6) is 0 Å². The van der Waals surface area contributed by atoms with Crippen LogP contribution >= 0.6 is 35.3 Å². The van der Waals surface area contributed by atoms with E-state index in [1.54, 1.807) is 11.3 Å². The van der Waals surface area contributed by atoms with Crippen molar-refractivity contribution in [3.63, 3.8) is 0 Å². The first-order valence-corrected chi connectivity index (χ1v) is 8.15. The molecule has 2 N–H and O–H groups in total. The van der Waals surface area contributed by atoms with Gasteiger partial charge in [-0.3, -0.25) is 0 Å². The molecule has 1 unspecified atom stereocenters. The molecule has 0 spiro atoms. The van der Waals surface area contributed by atoms with Gasteiger partial charge < -0.3 is 10.6 Å². The molecule has 5 heteroatoms. The highest BCUT2D eigenvalue weighted by Crippen LogP contribution is 2.16. The van der Waals surface area contributed by atoms with E-state index in [-0.39, 0.29) is 30.0 Å². The molecular weight excluding hydrogens is 405 g/mol. The van der Waals surface area contributed by atoms with Gasteiger partial charge in [0.05, 0.1) is 12.6 Å². The Morgan fingerprint density at radius 2 is 1.91 bits per heavy atom. The summed E-state index contributed by atoms with van der Waals surface area (Å²) in [6, 6.07) is 14.9. The molecule has 0 radical (unpaired) electrons. The van der Waals surface area contributed by atoms with E-state index in [4.69, 9.17) is 0 Å². The van der Waals surface area contributed by atoms with E-state index in [0.717, 1.165) is 19.0 Å². The highest BCUT2D eigenvalue weighted by molar-refractivity contribution is 14.0. The molecule has 0 saturated carbocycles. The second-order valence-corrected chi connectivity index (χ2v) is 6.36. The smallest absolute Gasteiger partial charge is 0.192 e. The summed E-state index contributed by atoms with van der Waals surface area (Å²) in [5, 5.41) is 6.76. The molecule has 22 heavy (non-hydrogen) atoms. The fourth-order valence-corrected chi connectivity index (χ4v) is 2.89. The molecule has 0 aliphatic heterocycles. The molecule has 2 rings (SSSR count). The largest absolute Gasteiger partial charge is 0.357 e. The highest BCUT2D eigenvalue weighted by atomic mass is 127. The number of rotatable bonds is 5. The van der Waals surface area contributed by atoms with E-state index in [9.17, 15) is 0 Å². The Kier molecular flexibility index (Phi) is 8.48. The van der Waals surface area contributed by atoms with Crippen molar-refractivity contribution in [1.29, 1.82) is 0 Å². The molecule has 0 amide bonds. The maximum Gasteiger partial charge on any atom is 0.192 e. The summed E-state index contributed by atoms with van der Waals surface area (Å²) in [5.41, 5.74) is 1.26. The SMILES string of the molecule is CCNC(=NCc1ccc(C)s1)NC(C)c1ccccc1.I. The molecule has 2 aromatic rings. The summed E-state index contributed by atoms with van der Waals surface area (Å²) in [4.78, 5) is 7.29. The van der Waals surface area contributed by atoms with E-state index in [1.807, 2.05) is 6.07 Å². The van der Waals surface area contributed by atoms with Gasteiger partial charge in [-0.2, -0.15) is 0 Å². The minimum Gasteiger partial charge on any atom is -0.357 e. The van der Waals surface area contributed by atoms with Gasteiger partial charge in [0.25, 0.3) is 0 Å². The Morgan fingerprint density at radius 1 is 1.18 bits per heavy atom. The summed E-state index contributed by atoms with van der Waals surface area (Å²) in [5.74, 6) is 0.861. The lowest BCUT2D eigenvalue weighted by Gasteiger charge is -2.18. The van der Waals surface area contributed by atoms with Crippen LogP contribution in [0, 0.1) is 6.92 Å². The van der Waals surface area contributed by atoms with Crippen LogP contribution in [0.3, 0.4) is 0 Å². The summed E-state index contributed by atoms with van der Waals surface area (Å²) >= 11 is 1.80. The third-order valence-corrected chi connectivity index (χ3v) is 4.17. The van der Waals surface area contributed by atoms with Crippen molar-refractivity contribution >= 4 is 41.3 Å². The van der Waals surface area contributed by atoms with Crippen molar-refractivity contribution < 1.29 is 0 Å². The topological polar surface area (TPSA) is 36.4 Å². The first-order valence-electron chi connectivity index (χ1n) is 7.34. The van der Waals surface area contributed by atoms with Gasteiger partial charge in [0.15, 0.2) is 5.96 Å². The van der Waals surface area contributed by atoms with Crippen molar-refractivity contribution in [2.45, 2.75) is 33.4 Å². The van der Waals surface area contributed by atoms with Gasteiger partial charge >= 0.3 is 0 Å². The molecular formula is C17H24IN3S. The molecule has 0 aliphatic carbocycles. The molecule has 0 saturated heterocycles. The predicted octanol–water partition coefficient (Wildman–Crippen LogP) is 4.49. The second-order valence-electron chi connectivity index (χ2n) is 4.98. The van der Waals surface area contributed by atoms with Crippen LogP contribution in [0.25, 0.3) is 0 Å². The van der Waals surface area contributed by atoms with Crippen LogP contribution in [0.2, 0.25) is 0 Å².